The molecule has 1 N–H and O–H groups in total. The fourth-order valence-corrected chi connectivity index (χ4v) is 2.70. The molecule has 0 bridgehead atoms. The zero-order valence-corrected chi connectivity index (χ0v) is 13.0. The molecule has 0 amide bonds. The maximum Gasteiger partial charge on any atom is 0.128 e. The van der Waals surface area contributed by atoms with E-state index in [4.69, 9.17) is 11.6 Å². The maximum atomic E-state index is 14.2. The van der Waals surface area contributed by atoms with Crippen molar-refractivity contribution in [2.24, 2.45) is 0 Å². The van der Waals surface area contributed by atoms with E-state index < -0.39 is 0 Å². The Bertz CT molecular complexity index is 637. The normalized spacial score (nSPS) is 12.5. The van der Waals surface area contributed by atoms with Crippen molar-refractivity contribution in [3.05, 3.63) is 69.0 Å². The first-order chi connectivity index (χ1) is 9.43. The van der Waals surface area contributed by atoms with Crippen molar-refractivity contribution >= 4 is 11.6 Å². The summed E-state index contributed by atoms with van der Waals surface area (Å²) in [5.41, 5.74) is 4.71. The molecule has 0 fully saturated rings. The van der Waals surface area contributed by atoms with E-state index in [2.05, 4.69) is 5.32 Å². The Morgan fingerprint density at radius 1 is 1.00 bits per heavy atom. The Balaban J connectivity index is 2.55. The van der Waals surface area contributed by atoms with Crippen molar-refractivity contribution in [2.75, 3.05) is 7.05 Å². The molecule has 0 spiro atoms. The summed E-state index contributed by atoms with van der Waals surface area (Å²) in [5.74, 6) is -0.210. The maximum absolute atomic E-state index is 14.2. The third kappa shape index (κ3) is 2.87. The van der Waals surface area contributed by atoms with Gasteiger partial charge in [0.05, 0.1) is 6.04 Å². The molecule has 0 saturated carbocycles. The van der Waals surface area contributed by atoms with Crippen LogP contribution >= 0.6 is 11.6 Å². The molecular weight excluding hydrogens is 273 g/mol. The number of rotatable bonds is 3. The Kier molecular flexibility index (Phi) is 4.46. The van der Waals surface area contributed by atoms with Crippen LogP contribution in [0.25, 0.3) is 0 Å². The highest BCUT2D eigenvalue weighted by molar-refractivity contribution is 6.31. The molecule has 20 heavy (non-hydrogen) atoms. The van der Waals surface area contributed by atoms with Crippen molar-refractivity contribution in [1.82, 2.24) is 5.32 Å². The molecule has 2 aromatic rings. The minimum atomic E-state index is -0.248. The SMILES string of the molecule is CNC(c1ccc(C)cc1F)c1cc(C)c(C)cc1Cl. The monoisotopic (exact) mass is 291 g/mol. The van der Waals surface area contributed by atoms with Gasteiger partial charge in [0.2, 0.25) is 0 Å². The number of hydrogen-bond donors (Lipinski definition) is 1. The lowest BCUT2D eigenvalue weighted by Gasteiger charge is -2.21. The second kappa shape index (κ2) is 5.94. The first-order valence-corrected chi connectivity index (χ1v) is 7.01. The minimum Gasteiger partial charge on any atom is -0.309 e. The van der Waals surface area contributed by atoms with Crippen LogP contribution in [0.2, 0.25) is 5.02 Å². The average Bonchev–Trinajstić information content (AvgIpc) is 2.38. The largest absolute Gasteiger partial charge is 0.309 e. The predicted octanol–water partition coefficient (Wildman–Crippen LogP) is 4.71. The predicted molar refractivity (Wildman–Crippen MR) is 83.0 cm³/mol. The van der Waals surface area contributed by atoms with Gasteiger partial charge in [-0.3, -0.25) is 0 Å². The molecule has 0 aliphatic carbocycles. The molecule has 1 atom stereocenters. The molecule has 1 nitrogen and oxygen atoms in total. The topological polar surface area (TPSA) is 12.0 Å². The molecule has 106 valence electrons. The number of halogens is 2. The second-order valence-electron chi connectivity index (χ2n) is 5.20. The van der Waals surface area contributed by atoms with E-state index in [0.29, 0.717) is 10.6 Å². The Morgan fingerprint density at radius 2 is 1.65 bits per heavy atom. The lowest BCUT2D eigenvalue weighted by Crippen LogP contribution is -2.19. The van der Waals surface area contributed by atoms with Crippen LogP contribution in [0.3, 0.4) is 0 Å². The number of aryl methyl sites for hydroxylation is 3. The van der Waals surface area contributed by atoms with Gasteiger partial charge in [-0.2, -0.15) is 0 Å². The summed E-state index contributed by atoms with van der Waals surface area (Å²) in [7, 11) is 1.81. The van der Waals surface area contributed by atoms with Gasteiger partial charge in [0.25, 0.3) is 0 Å². The quantitative estimate of drug-likeness (QED) is 0.863. The molecule has 0 aromatic heterocycles. The summed E-state index contributed by atoms with van der Waals surface area (Å²) in [6.45, 7) is 5.93. The van der Waals surface area contributed by atoms with Crippen LogP contribution in [0.4, 0.5) is 4.39 Å². The van der Waals surface area contributed by atoms with Gasteiger partial charge in [0, 0.05) is 10.6 Å². The van der Waals surface area contributed by atoms with Crippen LogP contribution in [0.5, 0.6) is 0 Å². The third-order valence-electron chi connectivity index (χ3n) is 3.68. The van der Waals surface area contributed by atoms with Gasteiger partial charge >= 0.3 is 0 Å². The zero-order valence-electron chi connectivity index (χ0n) is 12.2. The lowest BCUT2D eigenvalue weighted by atomic mass is 9.94. The smallest absolute Gasteiger partial charge is 0.128 e. The number of hydrogen-bond acceptors (Lipinski definition) is 1. The average molecular weight is 292 g/mol. The summed E-state index contributed by atoms with van der Waals surface area (Å²) >= 11 is 6.35. The van der Waals surface area contributed by atoms with Crippen LogP contribution in [-0.2, 0) is 0 Å². The second-order valence-corrected chi connectivity index (χ2v) is 5.61. The summed E-state index contributed by atoms with van der Waals surface area (Å²) in [4.78, 5) is 0. The van der Waals surface area contributed by atoms with E-state index in [0.717, 1.165) is 22.3 Å². The standard InChI is InChI=1S/C17H19ClFN/c1-10-5-6-13(16(19)7-10)17(20-4)14-8-11(2)12(3)9-15(14)18/h5-9,17,20H,1-4H3. The molecule has 0 heterocycles. The first-order valence-electron chi connectivity index (χ1n) is 6.64. The molecule has 2 aromatic carbocycles. The van der Waals surface area contributed by atoms with Gasteiger partial charge in [-0.15, -0.1) is 0 Å². The summed E-state index contributed by atoms with van der Waals surface area (Å²) in [6, 6.07) is 8.99. The fourth-order valence-electron chi connectivity index (χ4n) is 2.37. The van der Waals surface area contributed by atoms with E-state index in [-0.39, 0.29) is 11.9 Å². The van der Waals surface area contributed by atoms with E-state index in [1.165, 1.54) is 0 Å². The summed E-state index contributed by atoms with van der Waals surface area (Å²) < 4.78 is 14.2. The van der Waals surface area contributed by atoms with Gasteiger partial charge in [-0.25, -0.2) is 4.39 Å². The third-order valence-corrected chi connectivity index (χ3v) is 4.01. The molecule has 3 heteroatoms. The highest BCUT2D eigenvalue weighted by Crippen LogP contribution is 2.31. The van der Waals surface area contributed by atoms with E-state index in [1.54, 1.807) is 6.07 Å². The van der Waals surface area contributed by atoms with Gasteiger partial charge in [-0.1, -0.05) is 29.8 Å². The Morgan fingerprint density at radius 3 is 2.25 bits per heavy atom. The fraction of sp³-hybridized carbons (Fsp3) is 0.294. The Hall–Kier alpha value is -1.38. The molecule has 1 unspecified atom stereocenters. The summed E-state index contributed by atoms with van der Waals surface area (Å²) in [5, 5.41) is 3.82. The van der Waals surface area contributed by atoms with Crippen molar-refractivity contribution in [3.63, 3.8) is 0 Å². The van der Waals surface area contributed by atoms with Gasteiger partial charge in [-0.05, 0) is 62.2 Å². The Labute approximate surface area is 124 Å². The minimum absolute atomic E-state index is 0.210. The lowest BCUT2D eigenvalue weighted by molar-refractivity contribution is 0.575. The van der Waals surface area contributed by atoms with Gasteiger partial charge in [0.1, 0.15) is 5.82 Å². The number of benzene rings is 2. The van der Waals surface area contributed by atoms with Gasteiger partial charge < -0.3 is 5.32 Å². The zero-order chi connectivity index (χ0) is 14.9. The molecule has 0 aliphatic heterocycles. The van der Waals surface area contributed by atoms with Crippen molar-refractivity contribution in [1.29, 1.82) is 0 Å². The molecular formula is C17H19ClFN. The highest BCUT2D eigenvalue weighted by Gasteiger charge is 2.19. The summed E-state index contributed by atoms with van der Waals surface area (Å²) in [6.07, 6.45) is 0. The molecule has 0 radical (unpaired) electrons. The van der Waals surface area contributed by atoms with Gasteiger partial charge in [0.15, 0.2) is 0 Å². The molecule has 2 rings (SSSR count). The van der Waals surface area contributed by atoms with Crippen LogP contribution in [0.15, 0.2) is 30.3 Å². The van der Waals surface area contributed by atoms with E-state index in [9.17, 15) is 4.39 Å². The number of nitrogens with one attached hydrogen (secondary N) is 1. The van der Waals surface area contributed by atoms with Crippen LogP contribution in [0, 0.1) is 26.6 Å². The van der Waals surface area contributed by atoms with Crippen LogP contribution in [-0.4, -0.2) is 7.05 Å². The van der Waals surface area contributed by atoms with E-state index in [1.807, 2.05) is 52.1 Å². The van der Waals surface area contributed by atoms with Crippen LogP contribution < -0.4 is 5.32 Å². The van der Waals surface area contributed by atoms with Crippen molar-refractivity contribution < 1.29 is 4.39 Å². The van der Waals surface area contributed by atoms with Crippen molar-refractivity contribution in [2.45, 2.75) is 26.8 Å². The highest BCUT2D eigenvalue weighted by atomic mass is 35.5. The van der Waals surface area contributed by atoms with E-state index >= 15 is 0 Å². The molecule has 0 aliphatic rings. The van der Waals surface area contributed by atoms with Crippen LogP contribution in [0.1, 0.15) is 33.9 Å². The van der Waals surface area contributed by atoms with Crippen molar-refractivity contribution in [3.8, 4) is 0 Å². The first kappa shape index (κ1) is 15.0. The molecule has 0 saturated heterocycles.